The molecule has 19 heavy (non-hydrogen) atoms. The molecular weight excluding hydrogens is 242 g/mol. The minimum atomic E-state index is -0.0729. The van der Waals surface area contributed by atoms with E-state index in [1.54, 1.807) is 31.2 Å². The van der Waals surface area contributed by atoms with Crippen molar-refractivity contribution in [2.45, 2.75) is 39.2 Å². The molecule has 1 atom stereocenters. The maximum absolute atomic E-state index is 11.7. The Labute approximate surface area is 113 Å². The molecule has 0 aromatic heterocycles. The Morgan fingerprint density at radius 1 is 1.21 bits per heavy atom. The highest BCUT2D eigenvalue weighted by Crippen LogP contribution is 2.15. The van der Waals surface area contributed by atoms with Crippen LogP contribution in [0.5, 0.6) is 0 Å². The Bertz CT molecular complexity index is 444. The van der Waals surface area contributed by atoms with Crippen LogP contribution in [0.2, 0.25) is 0 Å². The molecule has 1 aromatic carbocycles. The quantitative estimate of drug-likeness (QED) is 0.734. The molecule has 4 N–H and O–H groups in total. The van der Waals surface area contributed by atoms with Gasteiger partial charge >= 0.3 is 0 Å². The van der Waals surface area contributed by atoms with Crippen LogP contribution in [0.4, 0.5) is 11.4 Å². The van der Waals surface area contributed by atoms with Crippen molar-refractivity contribution < 1.29 is 9.59 Å². The van der Waals surface area contributed by atoms with E-state index in [0.717, 1.165) is 0 Å². The van der Waals surface area contributed by atoms with Crippen LogP contribution >= 0.6 is 0 Å². The second-order valence-corrected chi connectivity index (χ2v) is 4.55. The highest BCUT2D eigenvalue weighted by atomic mass is 16.2. The first-order valence-corrected chi connectivity index (χ1v) is 6.46. The van der Waals surface area contributed by atoms with E-state index in [4.69, 9.17) is 5.73 Å². The molecule has 0 aliphatic carbocycles. The first kappa shape index (κ1) is 15.2. The highest BCUT2D eigenvalue weighted by molar-refractivity contribution is 5.93. The molecular formula is C14H21N3O2. The Morgan fingerprint density at radius 3 is 2.32 bits per heavy atom. The number of anilines is 2. The van der Waals surface area contributed by atoms with E-state index >= 15 is 0 Å². The van der Waals surface area contributed by atoms with Crippen molar-refractivity contribution in [3.05, 3.63) is 24.3 Å². The molecule has 1 aromatic rings. The summed E-state index contributed by atoms with van der Waals surface area (Å²) >= 11 is 0. The fraction of sp³-hybridized carbons (Fsp3) is 0.429. The van der Waals surface area contributed by atoms with Crippen LogP contribution in [0.1, 0.15) is 33.1 Å². The molecule has 0 radical (unpaired) electrons. The van der Waals surface area contributed by atoms with E-state index in [1.807, 2.05) is 6.92 Å². The molecule has 0 heterocycles. The van der Waals surface area contributed by atoms with Crippen LogP contribution in [0.25, 0.3) is 0 Å². The van der Waals surface area contributed by atoms with E-state index < -0.39 is 0 Å². The van der Waals surface area contributed by atoms with Crippen LogP contribution in [0.3, 0.4) is 0 Å². The lowest BCUT2D eigenvalue weighted by Gasteiger charge is -2.09. The number of rotatable bonds is 6. The summed E-state index contributed by atoms with van der Waals surface area (Å²) in [5.74, 6) is -0.128. The Morgan fingerprint density at radius 2 is 1.79 bits per heavy atom. The number of carbonyl (C=O) groups is 2. The summed E-state index contributed by atoms with van der Waals surface area (Å²) in [5.41, 5.74) is 6.95. The van der Waals surface area contributed by atoms with E-state index in [0.29, 0.717) is 30.6 Å². The van der Waals surface area contributed by atoms with Gasteiger partial charge in [-0.15, -0.1) is 0 Å². The van der Waals surface area contributed by atoms with Gasteiger partial charge in [0.05, 0.1) is 0 Å². The SMILES string of the molecule is CCC(=O)Nc1cccc(NC(=O)CCC(C)N)c1. The van der Waals surface area contributed by atoms with Gasteiger partial charge in [-0.25, -0.2) is 0 Å². The van der Waals surface area contributed by atoms with Crippen molar-refractivity contribution in [3.8, 4) is 0 Å². The summed E-state index contributed by atoms with van der Waals surface area (Å²) in [6.45, 7) is 3.66. The van der Waals surface area contributed by atoms with Crippen LogP contribution in [-0.2, 0) is 9.59 Å². The molecule has 0 saturated heterocycles. The van der Waals surface area contributed by atoms with E-state index in [1.165, 1.54) is 0 Å². The number of amides is 2. The van der Waals surface area contributed by atoms with E-state index in [-0.39, 0.29) is 17.9 Å². The summed E-state index contributed by atoms with van der Waals surface area (Å²) in [7, 11) is 0. The maximum Gasteiger partial charge on any atom is 0.224 e. The molecule has 0 saturated carbocycles. The van der Waals surface area contributed by atoms with Crippen LogP contribution in [0.15, 0.2) is 24.3 Å². The average molecular weight is 263 g/mol. The van der Waals surface area contributed by atoms with Gasteiger partial charge in [0.25, 0.3) is 0 Å². The van der Waals surface area contributed by atoms with Crippen molar-refractivity contribution in [2.75, 3.05) is 10.6 Å². The maximum atomic E-state index is 11.7. The van der Waals surface area contributed by atoms with Gasteiger partial charge in [-0.05, 0) is 31.5 Å². The van der Waals surface area contributed by atoms with Crippen LogP contribution in [0, 0.1) is 0 Å². The second kappa shape index (κ2) is 7.53. The Hall–Kier alpha value is -1.88. The standard InChI is InChI=1S/C14H21N3O2/c1-3-13(18)16-11-5-4-6-12(9-11)17-14(19)8-7-10(2)15/h4-6,9-10H,3,7-8,15H2,1-2H3,(H,16,18)(H,17,19). The molecule has 0 bridgehead atoms. The molecule has 0 aliphatic rings. The van der Waals surface area contributed by atoms with E-state index in [9.17, 15) is 9.59 Å². The number of benzene rings is 1. The zero-order valence-corrected chi connectivity index (χ0v) is 11.4. The third kappa shape index (κ3) is 6.01. The van der Waals surface area contributed by atoms with Crippen molar-refractivity contribution in [2.24, 2.45) is 5.73 Å². The molecule has 0 fully saturated rings. The highest BCUT2D eigenvalue weighted by Gasteiger charge is 2.05. The van der Waals surface area contributed by atoms with Gasteiger partial charge in [0.1, 0.15) is 0 Å². The monoisotopic (exact) mass is 263 g/mol. The third-order valence-corrected chi connectivity index (χ3v) is 2.58. The van der Waals surface area contributed by atoms with Crippen molar-refractivity contribution in [1.29, 1.82) is 0 Å². The number of nitrogens with two attached hydrogens (primary N) is 1. The molecule has 0 spiro atoms. The lowest BCUT2D eigenvalue weighted by Crippen LogP contribution is -2.19. The summed E-state index contributed by atoms with van der Waals surface area (Å²) in [6.07, 6.45) is 1.46. The lowest BCUT2D eigenvalue weighted by atomic mass is 10.2. The molecule has 1 rings (SSSR count). The lowest BCUT2D eigenvalue weighted by molar-refractivity contribution is -0.116. The first-order valence-electron chi connectivity index (χ1n) is 6.46. The topological polar surface area (TPSA) is 84.2 Å². The number of carbonyl (C=O) groups excluding carboxylic acids is 2. The van der Waals surface area contributed by atoms with Gasteiger partial charge in [-0.1, -0.05) is 13.0 Å². The number of nitrogens with one attached hydrogen (secondary N) is 2. The van der Waals surface area contributed by atoms with Crippen molar-refractivity contribution in [3.63, 3.8) is 0 Å². The van der Waals surface area contributed by atoms with E-state index in [2.05, 4.69) is 10.6 Å². The smallest absolute Gasteiger partial charge is 0.224 e. The fourth-order valence-electron chi connectivity index (χ4n) is 1.51. The predicted octanol–water partition coefficient (Wildman–Crippen LogP) is 2.10. The van der Waals surface area contributed by atoms with Gasteiger partial charge < -0.3 is 16.4 Å². The summed E-state index contributed by atoms with van der Waals surface area (Å²) in [5, 5.41) is 5.53. The summed E-state index contributed by atoms with van der Waals surface area (Å²) in [6, 6.07) is 7.10. The second-order valence-electron chi connectivity index (χ2n) is 4.55. The third-order valence-electron chi connectivity index (χ3n) is 2.58. The summed E-state index contributed by atoms with van der Waals surface area (Å²) in [4.78, 5) is 22.9. The zero-order valence-electron chi connectivity index (χ0n) is 11.4. The van der Waals surface area contributed by atoms with Crippen LogP contribution in [-0.4, -0.2) is 17.9 Å². The average Bonchev–Trinajstić information content (AvgIpc) is 2.36. The van der Waals surface area contributed by atoms with Crippen molar-refractivity contribution >= 4 is 23.2 Å². The molecule has 0 aliphatic heterocycles. The van der Waals surface area contributed by atoms with Gasteiger partial charge in [-0.3, -0.25) is 9.59 Å². The molecule has 2 amide bonds. The molecule has 5 nitrogen and oxygen atoms in total. The fourth-order valence-corrected chi connectivity index (χ4v) is 1.51. The normalized spacial score (nSPS) is 11.7. The van der Waals surface area contributed by atoms with Crippen molar-refractivity contribution in [1.82, 2.24) is 0 Å². The molecule has 104 valence electrons. The number of hydrogen-bond acceptors (Lipinski definition) is 3. The van der Waals surface area contributed by atoms with Gasteiger partial charge in [0, 0.05) is 30.3 Å². The van der Waals surface area contributed by atoms with Gasteiger partial charge in [0.15, 0.2) is 0 Å². The molecule has 5 heteroatoms. The number of hydrogen-bond donors (Lipinski definition) is 3. The largest absolute Gasteiger partial charge is 0.328 e. The minimum Gasteiger partial charge on any atom is -0.328 e. The summed E-state index contributed by atoms with van der Waals surface area (Å²) < 4.78 is 0. The minimum absolute atomic E-state index is 0.0147. The van der Waals surface area contributed by atoms with Gasteiger partial charge in [-0.2, -0.15) is 0 Å². The molecule has 1 unspecified atom stereocenters. The van der Waals surface area contributed by atoms with Gasteiger partial charge in [0.2, 0.25) is 11.8 Å². The Balaban J connectivity index is 2.56. The Kier molecular flexibility index (Phi) is 6.02. The van der Waals surface area contributed by atoms with Crippen LogP contribution < -0.4 is 16.4 Å². The predicted molar refractivity (Wildman–Crippen MR) is 76.9 cm³/mol. The first-order chi connectivity index (χ1) is 9.01. The zero-order chi connectivity index (χ0) is 14.3.